The van der Waals surface area contributed by atoms with E-state index < -0.39 is 5.97 Å². The third-order valence-electron chi connectivity index (χ3n) is 2.27. The average molecular weight is 231 g/mol. The van der Waals surface area contributed by atoms with Crippen molar-refractivity contribution in [3.8, 4) is 0 Å². The summed E-state index contributed by atoms with van der Waals surface area (Å²) in [5.74, 6) is -1.05. The lowest BCUT2D eigenvalue weighted by Crippen LogP contribution is -2.36. The number of carboxylic acids is 1. The van der Waals surface area contributed by atoms with Gasteiger partial charge in [0.15, 0.2) is 0 Å². The summed E-state index contributed by atoms with van der Waals surface area (Å²) in [6, 6.07) is -0.135. The zero-order valence-electron chi connectivity index (χ0n) is 10.2. The highest BCUT2D eigenvalue weighted by atomic mass is 16.5. The van der Waals surface area contributed by atoms with Crippen LogP contribution in [0.4, 0.5) is 0 Å². The summed E-state index contributed by atoms with van der Waals surface area (Å²) < 4.78 is 5.25. The maximum Gasteiger partial charge on any atom is 0.303 e. The van der Waals surface area contributed by atoms with Gasteiger partial charge in [-0.25, -0.2) is 0 Å². The molecule has 0 spiro atoms. The van der Waals surface area contributed by atoms with Crippen molar-refractivity contribution >= 4 is 11.9 Å². The molecule has 0 aromatic heterocycles. The Hall–Kier alpha value is -1.10. The molecule has 0 aliphatic rings. The number of nitrogens with one attached hydrogen (secondary N) is 1. The Bertz CT molecular complexity index is 230. The number of rotatable bonds is 8. The maximum absolute atomic E-state index is 11.3. The van der Waals surface area contributed by atoms with E-state index >= 15 is 0 Å². The topological polar surface area (TPSA) is 75.6 Å². The fourth-order valence-corrected chi connectivity index (χ4v) is 1.06. The summed E-state index contributed by atoms with van der Waals surface area (Å²) in [7, 11) is 0. The Balaban J connectivity index is 3.65. The van der Waals surface area contributed by atoms with Gasteiger partial charge in [-0.3, -0.25) is 9.59 Å². The van der Waals surface area contributed by atoms with E-state index in [1.807, 2.05) is 13.8 Å². The minimum absolute atomic E-state index is 0.0341. The first-order valence-corrected chi connectivity index (χ1v) is 5.58. The van der Waals surface area contributed by atoms with Crippen LogP contribution in [-0.2, 0) is 14.3 Å². The van der Waals surface area contributed by atoms with E-state index in [1.165, 1.54) is 0 Å². The highest BCUT2D eigenvalue weighted by molar-refractivity contribution is 5.77. The number of amides is 1. The van der Waals surface area contributed by atoms with Gasteiger partial charge >= 0.3 is 5.97 Å². The van der Waals surface area contributed by atoms with Gasteiger partial charge in [-0.15, -0.1) is 0 Å². The molecule has 0 heterocycles. The zero-order valence-corrected chi connectivity index (χ0v) is 10.2. The van der Waals surface area contributed by atoms with E-state index in [4.69, 9.17) is 9.84 Å². The lowest BCUT2D eigenvalue weighted by Gasteiger charge is -2.14. The summed E-state index contributed by atoms with van der Waals surface area (Å²) in [6.07, 6.45) is 1.43. The van der Waals surface area contributed by atoms with E-state index in [0.717, 1.165) is 6.42 Å². The number of carbonyl (C=O) groups excluding carboxylic acids is 1. The minimum atomic E-state index is -0.850. The van der Waals surface area contributed by atoms with Crippen LogP contribution >= 0.6 is 0 Å². The smallest absolute Gasteiger partial charge is 0.303 e. The molecule has 0 saturated heterocycles. The molecular formula is C11H21NO4. The van der Waals surface area contributed by atoms with Crippen LogP contribution in [0.3, 0.4) is 0 Å². The molecule has 0 aromatic rings. The van der Waals surface area contributed by atoms with Crippen molar-refractivity contribution in [2.45, 2.75) is 52.2 Å². The molecule has 0 rings (SSSR count). The maximum atomic E-state index is 11.3. The van der Waals surface area contributed by atoms with Crippen LogP contribution in [0.1, 0.15) is 40.0 Å². The van der Waals surface area contributed by atoms with Gasteiger partial charge in [0, 0.05) is 12.5 Å². The summed E-state index contributed by atoms with van der Waals surface area (Å²) in [4.78, 5) is 21.6. The van der Waals surface area contributed by atoms with E-state index in [1.54, 1.807) is 6.92 Å². The highest BCUT2D eigenvalue weighted by Crippen LogP contribution is 1.98. The molecule has 5 heteroatoms. The van der Waals surface area contributed by atoms with Crippen LogP contribution < -0.4 is 5.32 Å². The van der Waals surface area contributed by atoms with Crippen LogP contribution in [-0.4, -0.2) is 35.7 Å². The van der Waals surface area contributed by atoms with Gasteiger partial charge in [0.1, 0.15) is 6.61 Å². The molecule has 0 radical (unpaired) electrons. The van der Waals surface area contributed by atoms with E-state index in [0.29, 0.717) is 6.42 Å². The van der Waals surface area contributed by atoms with Gasteiger partial charge in [0.2, 0.25) is 5.91 Å². The van der Waals surface area contributed by atoms with Crippen molar-refractivity contribution < 1.29 is 19.4 Å². The summed E-state index contributed by atoms with van der Waals surface area (Å²) in [5.41, 5.74) is 0. The molecular weight excluding hydrogens is 210 g/mol. The number of carbonyl (C=O) groups is 2. The van der Waals surface area contributed by atoms with Gasteiger partial charge < -0.3 is 15.2 Å². The van der Waals surface area contributed by atoms with Crippen molar-refractivity contribution in [3.63, 3.8) is 0 Å². The lowest BCUT2D eigenvalue weighted by atomic mass is 10.2. The molecule has 5 nitrogen and oxygen atoms in total. The predicted octanol–water partition coefficient (Wildman–Crippen LogP) is 1.17. The van der Waals surface area contributed by atoms with Gasteiger partial charge in [-0.1, -0.05) is 6.92 Å². The molecule has 0 fully saturated rings. The van der Waals surface area contributed by atoms with Crippen molar-refractivity contribution in [2.75, 3.05) is 6.61 Å². The third-order valence-corrected chi connectivity index (χ3v) is 2.27. The molecule has 1 amide bonds. The lowest BCUT2D eigenvalue weighted by molar-refractivity contribution is -0.137. The van der Waals surface area contributed by atoms with Gasteiger partial charge in [0.05, 0.1) is 6.10 Å². The first-order valence-electron chi connectivity index (χ1n) is 5.58. The molecule has 0 aliphatic carbocycles. The largest absolute Gasteiger partial charge is 0.481 e. The second kappa shape index (κ2) is 8.10. The number of aliphatic carboxylic acids is 1. The Morgan fingerprint density at radius 3 is 2.50 bits per heavy atom. The second-order valence-electron chi connectivity index (χ2n) is 3.93. The molecule has 0 aromatic carbocycles. The Labute approximate surface area is 96.2 Å². The van der Waals surface area contributed by atoms with Gasteiger partial charge in [-0.05, 0) is 26.7 Å². The van der Waals surface area contributed by atoms with Crippen LogP contribution in [0.2, 0.25) is 0 Å². The average Bonchev–Trinajstić information content (AvgIpc) is 2.23. The first kappa shape index (κ1) is 14.9. The third kappa shape index (κ3) is 8.23. The first-order chi connectivity index (χ1) is 7.45. The molecule has 2 unspecified atom stereocenters. The second-order valence-corrected chi connectivity index (χ2v) is 3.93. The van der Waals surface area contributed by atoms with Crippen molar-refractivity contribution in [1.82, 2.24) is 5.32 Å². The summed E-state index contributed by atoms with van der Waals surface area (Å²) >= 11 is 0. The fraction of sp³-hybridized carbons (Fsp3) is 0.818. The Morgan fingerprint density at radius 2 is 2.00 bits per heavy atom. The SMILES string of the molecule is CCC(C)OCC(=O)NC(C)CCC(=O)O. The van der Waals surface area contributed by atoms with Crippen LogP contribution in [0.25, 0.3) is 0 Å². The fourth-order valence-electron chi connectivity index (χ4n) is 1.06. The predicted molar refractivity (Wildman–Crippen MR) is 60.2 cm³/mol. The zero-order chi connectivity index (χ0) is 12.6. The van der Waals surface area contributed by atoms with E-state index in [-0.39, 0.29) is 31.1 Å². The van der Waals surface area contributed by atoms with Crippen molar-refractivity contribution in [2.24, 2.45) is 0 Å². The highest BCUT2D eigenvalue weighted by Gasteiger charge is 2.10. The van der Waals surface area contributed by atoms with Gasteiger partial charge in [-0.2, -0.15) is 0 Å². The molecule has 2 N–H and O–H groups in total. The standard InChI is InChI=1S/C11H21NO4/c1-4-9(3)16-7-10(13)12-8(2)5-6-11(14)15/h8-9H,4-7H2,1-3H3,(H,12,13)(H,14,15). The number of hydrogen-bond donors (Lipinski definition) is 2. The molecule has 0 saturated carbocycles. The molecule has 2 atom stereocenters. The van der Waals surface area contributed by atoms with Crippen LogP contribution in [0.15, 0.2) is 0 Å². The van der Waals surface area contributed by atoms with Crippen molar-refractivity contribution in [1.29, 1.82) is 0 Å². The minimum Gasteiger partial charge on any atom is -0.481 e. The number of ether oxygens (including phenoxy) is 1. The molecule has 0 aliphatic heterocycles. The van der Waals surface area contributed by atoms with E-state index in [9.17, 15) is 9.59 Å². The van der Waals surface area contributed by atoms with Crippen LogP contribution in [0.5, 0.6) is 0 Å². The summed E-state index contributed by atoms with van der Waals surface area (Å²) in [5, 5.41) is 11.2. The monoisotopic (exact) mass is 231 g/mol. The molecule has 16 heavy (non-hydrogen) atoms. The Morgan fingerprint density at radius 1 is 1.38 bits per heavy atom. The van der Waals surface area contributed by atoms with Gasteiger partial charge in [0.25, 0.3) is 0 Å². The normalized spacial score (nSPS) is 14.2. The quantitative estimate of drug-likeness (QED) is 0.657. The number of carboxylic acid groups (broad SMARTS) is 1. The van der Waals surface area contributed by atoms with E-state index in [2.05, 4.69) is 5.32 Å². The molecule has 0 bridgehead atoms. The molecule has 94 valence electrons. The summed E-state index contributed by atoms with van der Waals surface area (Å²) in [6.45, 7) is 5.70. The number of hydrogen-bond acceptors (Lipinski definition) is 3. The van der Waals surface area contributed by atoms with Crippen LogP contribution in [0, 0.1) is 0 Å². The Kier molecular flexibility index (Phi) is 7.54. The van der Waals surface area contributed by atoms with Crippen molar-refractivity contribution in [3.05, 3.63) is 0 Å².